The van der Waals surface area contributed by atoms with Crippen molar-refractivity contribution in [1.82, 2.24) is 14.9 Å². The van der Waals surface area contributed by atoms with Gasteiger partial charge in [-0.1, -0.05) is 47.1 Å². The molecule has 3 aromatic rings. The SMILES string of the molecule is C[C@@H](NS(=O)(=O)c1ccccc1)c1nc(-c2ccccc2Cl)no1. The smallest absolute Gasteiger partial charge is 0.244 e. The zero-order valence-electron chi connectivity index (χ0n) is 12.7. The van der Waals surface area contributed by atoms with Crippen molar-refractivity contribution in [3.8, 4) is 11.4 Å². The minimum atomic E-state index is -3.68. The van der Waals surface area contributed by atoms with Crippen LogP contribution in [0.15, 0.2) is 64.0 Å². The average molecular weight is 364 g/mol. The molecule has 0 aliphatic carbocycles. The van der Waals surface area contributed by atoms with E-state index in [4.69, 9.17) is 16.1 Å². The van der Waals surface area contributed by atoms with E-state index < -0.39 is 16.1 Å². The molecule has 8 heteroatoms. The molecule has 0 bridgehead atoms. The molecule has 1 N–H and O–H groups in total. The number of rotatable bonds is 5. The summed E-state index contributed by atoms with van der Waals surface area (Å²) in [4.78, 5) is 4.40. The van der Waals surface area contributed by atoms with Crippen LogP contribution in [0.3, 0.4) is 0 Å². The van der Waals surface area contributed by atoms with Gasteiger partial charge in [0.1, 0.15) is 0 Å². The van der Waals surface area contributed by atoms with Gasteiger partial charge in [0, 0.05) is 5.56 Å². The molecule has 0 aliphatic rings. The molecule has 0 amide bonds. The quantitative estimate of drug-likeness (QED) is 0.750. The fourth-order valence-corrected chi connectivity index (χ4v) is 3.55. The monoisotopic (exact) mass is 363 g/mol. The topological polar surface area (TPSA) is 85.1 Å². The fraction of sp³-hybridized carbons (Fsp3) is 0.125. The van der Waals surface area contributed by atoms with Crippen LogP contribution in [0.4, 0.5) is 0 Å². The summed E-state index contributed by atoms with van der Waals surface area (Å²) in [6, 6.07) is 14.5. The first-order valence-corrected chi connectivity index (χ1v) is 8.99. The van der Waals surface area contributed by atoms with E-state index in [1.54, 1.807) is 49.4 Å². The van der Waals surface area contributed by atoms with Gasteiger partial charge in [0.05, 0.1) is 16.0 Å². The zero-order valence-corrected chi connectivity index (χ0v) is 14.3. The number of halogens is 1. The zero-order chi connectivity index (χ0) is 17.2. The molecule has 0 unspecified atom stereocenters. The second kappa shape index (κ2) is 6.72. The number of aromatic nitrogens is 2. The Kier molecular flexibility index (Phi) is 4.66. The Balaban J connectivity index is 1.82. The lowest BCUT2D eigenvalue weighted by atomic mass is 10.2. The van der Waals surface area contributed by atoms with E-state index >= 15 is 0 Å². The maximum absolute atomic E-state index is 12.3. The lowest BCUT2D eigenvalue weighted by Crippen LogP contribution is -2.27. The molecule has 3 rings (SSSR count). The third-order valence-corrected chi connectivity index (χ3v) is 5.20. The highest BCUT2D eigenvalue weighted by Crippen LogP contribution is 2.26. The Labute approximate surface area is 144 Å². The van der Waals surface area contributed by atoms with Gasteiger partial charge < -0.3 is 4.52 Å². The van der Waals surface area contributed by atoms with E-state index in [9.17, 15) is 8.42 Å². The van der Waals surface area contributed by atoms with Gasteiger partial charge in [0.15, 0.2) is 0 Å². The summed E-state index contributed by atoms with van der Waals surface area (Å²) in [5, 5.41) is 4.35. The molecule has 0 spiro atoms. The molecule has 124 valence electrons. The summed E-state index contributed by atoms with van der Waals surface area (Å²) in [6.45, 7) is 1.63. The molecule has 0 radical (unpaired) electrons. The highest BCUT2D eigenvalue weighted by atomic mass is 35.5. The number of sulfonamides is 1. The normalized spacial score (nSPS) is 12.9. The number of hydrogen-bond acceptors (Lipinski definition) is 5. The molecule has 1 atom stereocenters. The predicted octanol–water partition coefficient (Wildman–Crippen LogP) is 3.43. The first-order valence-electron chi connectivity index (χ1n) is 7.13. The average Bonchev–Trinajstić information content (AvgIpc) is 3.06. The second-order valence-corrected chi connectivity index (χ2v) is 7.21. The molecular weight excluding hydrogens is 350 g/mol. The lowest BCUT2D eigenvalue weighted by molar-refractivity contribution is 0.354. The lowest BCUT2D eigenvalue weighted by Gasteiger charge is -2.10. The minimum absolute atomic E-state index is 0.157. The van der Waals surface area contributed by atoms with Gasteiger partial charge in [-0.2, -0.15) is 9.71 Å². The van der Waals surface area contributed by atoms with E-state index in [1.807, 2.05) is 0 Å². The van der Waals surface area contributed by atoms with Gasteiger partial charge in [0.2, 0.25) is 21.7 Å². The van der Waals surface area contributed by atoms with Gasteiger partial charge in [-0.25, -0.2) is 8.42 Å². The number of benzene rings is 2. The third-order valence-electron chi connectivity index (χ3n) is 3.31. The third kappa shape index (κ3) is 3.48. The molecule has 6 nitrogen and oxygen atoms in total. The van der Waals surface area contributed by atoms with E-state index in [-0.39, 0.29) is 10.8 Å². The van der Waals surface area contributed by atoms with Crippen molar-refractivity contribution in [3.05, 3.63) is 65.5 Å². The van der Waals surface area contributed by atoms with Gasteiger partial charge >= 0.3 is 0 Å². The summed E-state index contributed by atoms with van der Waals surface area (Å²) < 4.78 is 32.3. The van der Waals surface area contributed by atoms with E-state index in [0.29, 0.717) is 16.4 Å². The molecule has 0 fully saturated rings. The Morgan fingerprint density at radius 2 is 1.75 bits per heavy atom. The minimum Gasteiger partial charge on any atom is -0.337 e. The van der Waals surface area contributed by atoms with Crippen LogP contribution in [-0.2, 0) is 10.0 Å². The summed E-state index contributed by atoms with van der Waals surface area (Å²) in [6.07, 6.45) is 0. The van der Waals surface area contributed by atoms with Crippen molar-refractivity contribution in [3.63, 3.8) is 0 Å². The van der Waals surface area contributed by atoms with Gasteiger partial charge in [-0.3, -0.25) is 0 Å². The van der Waals surface area contributed by atoms with Crippen molar-refractivity contribution in [1.29, 1.82) is 0 Å². The van der Waals surface area contributed by atoms with Gasteiger partial charge in [-0.15, -0.1) is 0 Å². The largest absolute Gasteiger partial charge is 0.337 e. The summed E-state index contributed by atoms with van der Waals surface area (Å²) in [7, 11) is -3.68. The van der Waals surface area contributed by atoms with Crippen LogP contribution in [0.1, 0.15) is 18.9 Å². The Bertz CT molecular complexity index is 942. The Morgan fingerprint density at radius 3 is 2.46 bits per heavy atom. The van der Waals surface area contributed by atoms with Crippen molar-refractivity contribution in [2.24, 2.45) is 0 Å². The maximum Gasteiger partial charge on any atom is 0.244 e. The molecule has 0 saturated heterocycles. The summed E-state index contributed by atoms with van der Waals surface area (Å²) in [5.41, 5.74) is 0.618. The highest BCUT2D eigenvalue weighted by molar-refractivity contribution is 7.89. The van der Waals surface area contributed by atoms with Crippen molar-refractivity contribution < 1.29 is 12.9 Å². The van der Waals surface area contributed by atoms with Crippen LogP contribution < -0.4 is 4.72 Å². The van der Waals surface area contributed by atoms with E-state index in [2.05, 4.69) is 14.9 Å². The predicted molar refractivity (Wildman–Crippen MR) is 89.9 cm³/mol. The molecule has 0 saturated carbocycles. The van der Waals surface area contributed by atoms with Crippen molar-refractivity contribution in [2.45, 2.75) is 17.9 Å². The Hall–Kier alpha value is -2.22. The fourth-order valence-electron chi connectivity index (χ4n) is 2.11. The van der Waals surface area contributed by atoms with Crippen LogP contribution >= 0.6 is 11.6 Å². The van der Waals surface area contributed by atoms with Crippen LogP contribution in [-0.4, -0.2) is 18.6 Å². The van der Waals surface area contributed by atoms with Crippen molar-refractivity contribution in [2.75, 3.05) is 0 Å². The summed E-state index contributed by atoms with van der Waals surface area (Å²) >= 11 is 6.10. The standard InChI is InChI=1S/C16H14ClN3O3S/c1-11(20-24(21,22)12-7-3-2-4-8-12)16-18-15(19-23-16)13-9-5-6-10-14(13)17/h2-11,20H,1H3/t11-/m1/s1. The van der Waals surface area contributed by atoms with Gasteiger partial charge in [-0.05, 0) is 31.2 Å². The van der Waals surface area contributed by atoms with Crippen LogP contribution in [0.2, 0.25) is 5.02 Å². The first-order chi connectivity index (χ1) is 11.5. The molecule has 0 aliphatic heterocycles. The van der Waals surface area contributed by atoms with E-state index in [1.165, 1.54) is 12.1 Å². The maximum atomic E-state index is 12.3. The number of nitrogens with zero attached hydrogens (tertiary/aromatic N) is 2. The second-order valence-electron chi connectivity index (χ2n) is 5.09. The molecule has 2 aromatic carbocycles. The van der Waals surface area contributed by atoms with Crippen LogP contribution in [0.5, 0.6) is 0 Å². The highest BCUT2D eigenvalue weighted by Gasteiger charge is 2.22. The summed E-state index contributed by atoms with van der Waals surface area (Å²) in [5.74, 6) is 0.464. The first kappa shape index (κ1) is 16.6. The van der Waals surface area contributed by atoms with Crippen molar-refractivity contribution >= 4 is 21.6 Å². The molecule has 1 heterocycles. The van der Waals surface area contributed by atoms with Gasteiger partial charge in [0.25, 0.3) is 0 Å². The van der Waals surface area contributed by atoms with E-state index in [0.717, 1.165) is 0 Å². The Morgan fingerprint density at radius 1 is 1.08 bits per heavy atom. The van der Waals surface area contributed by atoms with Crippen LogP contribution in [0.25, 0.3) is 11.4 Å². The molecular formula is C16H14ClN3O3S. The molecule has 1 aromatic heterocycles. The molecule has 24 heavy (non-hydrogen) atoms. The number of nitrogens with one attached hydrogen (secondary N) is 1. The number of hydrogen-bond donors (Lipinski definition) is 1. The van der Waals surface area contributed by atoms with Crippen LogP contribution in [0, 0.1) is 0 Å².